The number of hydrogen-bond donors (Lipinski definition) is 1. The van der Waals surface area contributed by atoms with Crippen molar-refractivity contribution in [2.24, 2.45) is 4.99 Å². The first-order valence-corrected chi connectivity index (χ1v) is 2.06. The summed E-state index contributed by atoms with van der Waals surface area (Å²) in [6, 6.07) is 0. The van der Waals surface area contributed by atoms with Crippen LogP contribution in [0.4, 0.5) is 0 Å². The van der Waals surface area contributed by atoms with Gasteiger partial charge in [-0.05, 0) is 6.92 Å². The molecule has 42 valence electrons. The van der Waals surface area contributed by atoms with Gasteiger partial charge in [-0.25, -0.2) is 10.3 Å². The molecule has 0 aliphatic carbocycles. The minimum absolute atomic E-state index is 0.0394. The maximum absolute atomic E-state index is 9.72. The summed E-state index contributed by atoms with van der Waals surface area (Å²) in [7, 11) is 0. The Bertz CT molecular complexity index is 178. The van der Waals surface area contributed by atoms with Crippen molar-refractivity contribution in [3.8, 4) is 0 Å². The highest BCUT2D eigenvalue weighted by Crippen LogP contribution is 1.97. The van der Waals surface area contributed by atoms with E-state index >= 15 is 0 Å². The zero-order valence-electron chi connectivity index (χ0n) is 4.26. The average molecular weight is 112 g/mol. The van der Waals surface area contributed by atoms with Crippen LogP contribution in [0.15, 0.2) is 10.9 Å². The number of nitrogens with zero attached hydrogens (tertiary/aromatic N) is 1. The van der Waals surface area contributed by atoms with Gasteiger partial charge in [0.05, 0.1) is 0 Å². The third kappa shape index (κ3) is 0.691. The van der Waals surface area contributed by atoms with Gasteiger partial charge in [0.25, 0.3) is 0 Å². The molecule has 0 saturated carbocycles. The summed E-state index contributed by atoms with van der Waals surface area (Å²) < 4.78 is 0. The Morgan fingerprint density at radius 2 is 2.62 bits per heavy atom. The molecule has 0 atom stereocenters. The Morgan fingerprint density at radius 1 is 1.88 bits per heavy atom. The standard InChI is InChI=1S/C4H4N2O2/c1-3-5-4(2-7)8-6-3/h1H3,(H,5,6). The molecule has 1 heterocycles. The summed E-state index contributed by atoms with van der Waals surface area (Å²) in [5, 5.41) is 0. The van der Waals surface area contributed by atoms with E-state index in [0.717, 1.165) is 0 Å². The number of nitrogens with one attached hydrogen (secondary N) is 1. The first kappa shape index (κ1) is 4.87. The zero-order chi connectivity index (χ0) is 5.98. The third-order valence-electron chi connectivity index (χ3n) is 0.652. The van der Waals surface area contributed by atoms with Crippen molar-refractivity contribution in [3.05, 3.63) is 5.88 Å². The largest absolute Gasteiger partial charge is 0.348 e. The molecule has 1 aliphatic heterocycles. The van der Waals surface area contributed by atoms with Gasteiger partial charge in [0.1, 0.15) is 5.84 Å². The SMILES string of the molecule is CC1=NC(=C=O)ON1. The minimum Gasteiger partial charge on any atom is -0.348 e. The van der Waals surface area contributed by atoms with Gasteiger partial charge in [0, 0.05) is 0 Å². The van der Waals surface area contributed by atoms with Gasteiger partial charge < -0.3 is 4.84 Å². The lowest BCUT2D eigenvalue weighted by atomic mass is 10.7. The smallest absolute Gasteiger partial charge is 0.332 e. The van der Waals surface area contributed by atoms with E-state index in [0.29, 0.717) is 5.84 Å². The second-order valence-corrected chi connectivity index (χ2v) is 1.31. The van der Waals surface area contributed by atoms with E-state index in [-0.39, 0.29) is 5.88 Å². The van der Waals surface area contributed by atoms with Gasteiger partial charge in [-0.2, -0.15) is 4.99 Å². The van der Waals surface area contributed by atoms with Crippen molar-refractivity contribution >= 4 is 11.8 Å². The normalized spacial score (nSPS) is 16.1. The molecule has 0 saturated heterocycles. The Morgan fingerprint density at radius 3 is 2.88 bits per heavy atom. The molecule has 0 amide bonds. The molecule has 1 N–H and O–H groups in total. The topological polar surface area (TPSA) is 50.7 Å². The molecule has 0 spiro atoms. The molecule has 4 nitrogen and oxygen atoms in total. The summed E-state index contributed by atoms with van der Waals surface area (Å²) in [6.07, 6.45) is 0. The number of rotatable bonds is 0. The van der Waals surface area contributed by atoms with Crippen LogP contribution < -0.4 is 5.48 Å². The van der Waals surface area contributed by atoms with Crippen molar-refractivity contribution in [1.82, 2.24) is 5.48 Å². The fourth-order valence-corrected chi connectivity index (χ4v) is 0.364. The highest BCUT2D eigenvalue weighted by Gasteiger charge is 2.05. The molecule has 0 aromatic heterocycles. The number of carbonyl (C=O) groups excluding carboxylic acids is 1. The van der Waals surface area contributed by atoms with Crippen LogP contribution in [0.25, 0.3) is 0 Å². The Labute approximate surface area is 45.8 Å². The van der Waals surface area contributed by atoms with Crippen LogP contribution in [-0.4, -0.2) is 11.8 Å². The summed E-state index contributed by atoms with van der Waals surface area (Å²) in [4.78, 5) is 17.8. The maximum Gasteiger partial charge on any atom is 0.332 e. The van der Waals surface area contributed by atoms with Gasteiger partial charge >= 0.3 is 5.88 Å². The van der Waals surface area contributed by atoms with E-state index in [4.69, 9.17) is 0 Å². The molecule has 1 rings (SSSR count). The summed E-state index contributed by atoms with van der Waals surface area (Å²) >= 11 is 0. The average Bonchev–Trinajstić information content (AvgIpc) is 2.14. The van der Waals surface area contributed by atoms with Gasteiger partial charge in [0.15, 0.2) is 5.94 Å². The number of amidine groups is 1. The van der Waals surface area contributed by atoms with Crippen molar-refractivity contribution in [2.75, 3.05) is 0 Å². The van der Waals surface area contributed by atoms with E-state index in [1.165, 1.54) is 5.94 Å². The molecule has 0 bridgehead atoms. The molecule has 0 radical (unpaired) electrons. The highest BCUT2D eigenvalue weighted by molar-refractivity contribution is 5.82. The second kappa shape index (κ2) is 1.68. The summed E-state index contributed by atoms with van der Waals surface area (Å²) in [6.45, 7) is 1.68. The predicted molar refractivity (Wildman–Crippen MR) is 26.5 cm³/mol. The first-order chi connectivity index (χ1) is 3.83. The van der Waals surface area contributed by atoms with E-state index in [1.807, 2.05) is 0 Å². The lowest BCUT2D eigenvalue weighted by Crippen LogP contribution is -2.11. The quantitative estimate of drug-likeness (QED) is 0.434. The van der Waals surface area contributed by atoms with Crippen LogP contribution in [-0.2, 0) is 9.63 Å². The number of hydroxylamine groups is 1. The fourth-order valence-electron chi connectivity index (χ4n) is 0.364. The fraction of sp³-hybridized carbons (Fsp3) is 0.250. The molecule has 1 aliphatic rings. The Balaban J connectivity index is 2.82. The zero-order valence-corrected chi connectivity index (χ0v) is 4.26. The van der Waals surface area contributed by atoms with Crippen LogP contribution in [0.1, 0.15) is 6.92 Å². The van der Waals surface area contributed by atoms with Crippen LogP contribution in [0.5, 0.6) is 0 Å². The second-order valence-electron chi connectivity index (χ2n) is 1.31. The van der Waals surface area contributed by atoms with E-state index in [2.05, 4.69) is 15.3 Å². The van der Waals surface area contributed by atoms with Crippen molar-refractivity contribution in [1.29, 1.82) is 0 Å². The minimum atomic E-state index is -0.0394. The van der Waals surface area contributed by atoms with Gasteiger partial charge in [-0.1, -0.05) is 0 Å². The van der Waals surface area contributed by atoms with E-state index < -0.39 is 0 Å². The Hall–Kier alpha value is -1.28. The van der Waals surface area contributed by atoms with Gasteiger partial charge in [-0.3, -0.25) is 0 Å². The van der Waals surface area contributed by atoms with Crippen molar-refractivity contribution in [3.63, 3.8) is 0 Å². The molecular weight excluding hydrogens is 108 g/mol. The predicted octanol–water partition coefficient (Wildman–Crippen LogP) is -0.387. The number of hydrogen-bond acceptors (Lipinski definition) is 4. The number of aliphatic imine (C=N–C) groups is 1. The van der Waals surface area contributed by atoms with Crippen LogP contribution in [0.2, 0.25) is 0 Å². The van der Waals surface area contributed by atoms with E-state index in [1.54, 1.807) is 6.92 Å². The monoisotopic (exact) mass is 112 g/mol. The summed E-state index contributed by atoms with van der Waals surface area (Å²) in [5.74, 6) is 2.02. The van der Waals surface area contributed by atoms with Crippen LogP contribution in [0, 0.1) is 0 Å². The van der Waals surface area contributed by atoms with Crippen LogP contribution >= 0.6 is 0 Å². The molecule has 0 aromatic rings. The molecule has 0 unspecified atom stereocenters. The summed E-state index contributed by atoms with van der Waals surface area (Å²) in [5.41, 5.74) is 2.37. The van der Waals surface area contributed by atoms with Gasteiger partial charge in [-0.15, -0.1) is 0 Å². The van der Waals surface area contributed by atoms with Crippen molar-refractivity contribution < 1.29 is 9.63 Å². The highest BCUT2D eigenvalue weighted by atomic mass is 16.7. The maximum atomic E-state index is 9.72. The van der Waals surface area contributed by atoms with E-state index in [9.17, 15) is 4.79 Å². The lowest BCUT2D eigenvalue weighted by molar-refractivity contribution is 0.180. The van der Waals surface area contributed by atoms with Crippen LogP contribution in [0.3, 0.4) is 0 Å². The third-order valence-corrected chi connectivity index (χ3v) is 0.652. The van der Waals surface area contributed by atoms with Crippen molar-refractivity contribution in [2.45, 2.75) is 6.92 Å². The molecule has 4 heteroatoms. The molecule has 8 heavy (non-hydrogen) atoms. The first-order valence-electron chi connectivity index (χ1n) is 2.06. The lowest BCUT2D eigenvalue weighted by Gasteiger charge is -1.87. The van der Waals surface area contributed by atoms with Gasteiger partial charge in [0.2, 0.25) is 0 Å². The molecule has 0 fully saturated rings. The Kier molecular flexibility index (Phi) is 1.02. The molecule has 0 aromatic carbocycles. The molecular formula is C4H4N2O2.